The number of hydrogen-bond acceptors (Lipinski definition) is 5. The van der Waals surface area contributed by atoms with Crippen molar-refractivity contribution in [3.05, 3.63) is 28.3 Å². The van der Waals surface area contributed by atoms with Gasteiger partial charge in [-0.15, -0.1) is 0 Å². The number of nitro groups is 1. The van der Waals surface area contributed by atoms with Gasteiger partial charge in [0.05, 0.1) is 18.6 Å². The third-order valence-corrected chi connectivity index (χ3v) is 3.44. The minimum Gasteiger partial charge on any atom is -0.490 e. The Balaban J connectivity index is 2.11. The molecule has 19 heavy (non-hydrogen) atoms. The molecule has 6 nitrogen and oxygen atoms in total. The molecule has 1 aliphatic rings. The Morgan fingerprint density at radius 2 is 2.37 bits per heavy atom. The molecular weight excluding hydrogens is 248 g/mol. The molecule has 104 valence electrons. The molecule has 2 rings (SSSR count). The van der Waals surface area contributed by atoms with Crippen molar-refractivity contribution in [3.8, 4) is 5.75 Å². The van der Waals surface area contributed by atoms with Crippen molar-refractivity contribution in [2.24, 2.45) is 5.92 Å². The summed E-state index contributed by atoms with van der Waals surface area (Å²) in [6.07, 6.45) is 1.02. The minimum atomic E-state index is -0.437. The van der Waals surface area contributed by atoms with Gasteiger partial charge >= 0.3 is 5.69 Å². The number of hydrogen-bond donors (Lipinski definition) is 1. The van der Waals surface area contributed by atoms with E-state index in [1.807, 2.05) is 0 Å². The van der Waals surface area contributed by atoms with Crippen LogP contribution in [0.4, 0.5) is 11.4 Å². The van der Waals surface area contributed by atoms with Crippen molar-refractivity contribution >= 4 is 11.4 Å². The lowest BCUT2D eigenvalue weighted by atomic mass is 10.0. The highest BCUT2D eigenvalue weighted by atomic mass is 16.6. The molecule has 0 amide bonds. The SMILES string of the molecule is COc1ccc(NC(C)C2CCOC2)cc1[N+](=O)[O-]. The third kappa shape index (κ3) is 3.14. The van der Waals surface area contributed by atoms with Gasteiger partial charge in [0, 0.05) is 30.3 Å². The van der Waals surface area contributed by atoms with Crippen LogP contribution in [-0.2, 0) is 4.74 Å². The van der Waals surface area contributed by atoms with Gasteiger partial charge in [-0.25, -0.2) is 0 Å². The van der Waals surface area contributed by atoms with Gasteiger partial charge in [-0.05, 0) is 25.5 Å². The summed E-state index contributed by atoms with van der Waals surface area (Å²) in [5, 5.41) is 14.2. The number of nitro benzene ring substituents is 1. The predicted molar refractivity (Wildman–Crippen MR) is 71.7 cm³/mol. The molecular formula is C13H18N2O4. The molecule has 1 aromatic carbocycles. The van der Waals surface area contributed by atoms with Gasteiger partial charge in [0.2, 0.25) is 0 Å². The lowest BCUT2D eigenvalue weighted by Crippen LogP contribution is -2.26. The van der Waals surface area contributed by atoms with Gasteiger partial charge in [0.1, 0.15) is 0 Å². The zero-order chi connectivity index (χ0) is 13.8. The van der Waals surface area contributed by atoms with E-state index in [2.05, 4.69) is 12.2 Å². The Kier molecular flexibility index (Phi) is 4.21. The zero-order valence-corrected chi connectivity index (χ0v) is 11.1. The molecule has 1 aliphatic heterocycles. The third-order valence-electron chi connectivity index (χ3n) is 3.44. The van der Waals surface area contributed by atoms with Crippen molar-refractivity contribution in [1.29, 1.82) is 0 Å². The topological polar surface area (TPSA) is 73.6 Å². The average Bonchev–Trinajstić information content (AvgIpc) is 2.92. The first-order valence-corrected chi connectivity index (χ1v) is 6.28. The van der Waals surface area contributed by atoms with Crippen LogP contribution in [0, 0.1) is 16.0 Å². The van der Waals surface area contributed by atoms with Crippen molar-refractivity contribution in [3.63, 3.8) is 0 Å². The van der Waals surface area contributed by atoms with Crippen LogP contribution >= 0.6 is 0 Å². The molecule has 0 aromatic heterocycles. The van der Waals surface area contributed by atoms with E-state index in [0.29, 0.717) is 5.92 Å². The average molecular weight is 266 g/mol. The van der Waals surface area contributed by atoms with Crippen molar-refractivity contribution in [1.82, 2.24) is 0 Å². The zero-order valence-electron chi connectivity index (χ0n) is 11.1. The Morgan fingerprint density at radius 1 is 1.58 bits per heavy atom. The van der Waals surface area contributed by atoms with Crippen LogP contribution in [0.5, 0.6) is 5.75 Å². The summed E-state index contributed by atoms with van der Waals surface area (Å²) in [5.41, 5.74) is 0.703. The van der Waals surface area contributed by atoms with Crippen molar-refractivity contribution in [2.45, 2.75) is 19.4 Å². The summed E-state index contributed by atoms with van der Waals surface area (Å²) >= 11 is 0. The number of anilines is 1. The molecule has 6 heteroatoms. The standard InChI is InChI=1S/C13H18N2O4/c1-9(10-5-6-19-8-10)14-11-3-4-13(18-2)12(7-11)15(16)17/h3-4,7,9-10,14H,5-6,8H2,1-2H3. The monoisotopic (exact) mass is 266 g/mol. The van der Waals surface area contributed by atoms with Crippen LogP contribution < -0.4 is 10.1 Å². The fourth-order valence-corrected chi connectivity index (χ4v) is 2.25. The summed E-state index contributed by atoms with van der Waals surface area (Å²) in [5.74, 6) is 0.716. The second kappa shape index (κ2) is 5.88. The van der Waals surface area contributed by atoms with E-state index < -0.39 is 4.92 Å². The largest absolute Gasteiger partial charge is 0.490 e. The smallest absolute Gasteiger partial charge is 0.312 e. The summed E-state index contributed by atoms with van der Waals surface area (Å²) in [4.78, 5) is 10.5. The number of nitrogens with zero attached hydrogens (tertiary/aromatic N) is 1. The Morgan fingerprint density at radius 3 is 2.95 bits per heavy atom. The van der Waals surface area contributed by atoms with Gasteiger partial charge in [-0.3, -0.25) is 10.1 Å². The second-order valence-electron chi connectivity index (χ2n) is 4.70. The van der Waals surface area contributed by atoms with Crippen LogP contribution in [0.2, 0.25) is 0 Å². The Bertz CT molecular complexity index is 458. The number of methoxy groups -OCH3 is 1. The summed E-state index contributed by atoms with van der Waals surface area (Å²) < 4.78 is 10.3. The van der Waals surface area contributed by atoms with Gasteiger partial charge in [0.15, 0.2) is 5.75 Å². The van der Waals surface area contributed by atoms with E-state index >= 15 is 0 Å². The normalized spacial score (nSPS) is 20.0. The molecule has 2 unspecified atom stereocenters. The van der Waals surface area contributed by atoms with Crippen LogP contribution in [-0.4, -0.2) is 31.3 Å². The first-order chi connectivity index (χ1) is 9.11. The molecule has 1 N–H and O–H groups in total. The number of benzene rings is 1. The highest BCUT2D eigenvalue weighted by molar-refractivity contribution is 5.58. The molecule has 1 fully saturated rings. The highest BCUT2D eigenvalue weighted by Crippen LogP contribution is 2.30. The number of rotatable bonds is 5. The van der Waals surface area contributed by atoms with Gasteiger partial charge in [-0.1, -0.05) is 0 Å². The van der Waals surface area contributed by atoms with E-state index in [1.54, 1.807) is 12.1 Å². The first kappa shape index (κ1) is 13.6. The van der Waals surface area contributed by atoms with E-state index in [1.165, 1.54) is 13.2 Å². The lowest BCUT2D eigenvalue weighted by molar-refractivity contribution is -0.385. The summed E-state index contributed by atoms with van der Waals surface area (Å²) in [6, 6.07) is 5.12. The number of nitrogens with one attached hydrogen (secondary N) is 1. The molecule has 2 atom stereocenters. The summed E-state index contributed by atoms with van der Waals surface area (Å²) in [6.45, 7) is 3.60. The van der Waals surface area contributed by atoms with E-state index in [-0.39, 0.29) is 17.5 Å². The fourth-order valence-electron chi connectivity index (χ4n) is 2.25. The van der Waals surface area contributed by atoms with Crippen LogP contribution in [0.3, 0.4) is 0 Å². The van der Waals surface area contributed by atoms with Crippen molar-refractivity contribution in [2.75, 3.05) is 25.6 Å². The number of ether oxygens (including phenoxy) is 2. The van der Waals surface area contributed by atoms with Crippen molar-refractivity contribution < 1.29 is 14.4 Å². The molecule has 1 saturated heterocycles. The fraction of sp³-hybridized carbons (Fsp3) is 0.538. The molecule has 0 saturated carbocycles. The first-order valence-electron chi connectivity index (χ1n) is 6.28. The van der Waals surface area contributed by atoms with E-state index in [4.69, 9.17) is 9.47 Å². The Labute approximate surface area is 111 Å². The maximum absolute atomic E-state index is 11.0. The van der Waals surface area contributed by atoms with Crippen LogP contribution in [0.25, 0.3) is 0 Å². The van der Waals surface area contributed by atoms with Crippen LogP contribution in [0.15, 0.2) is 18.2 Å². The molecule has 0 radical (unpaired) electrons. The molecule has 0 spiro atoms. The molecule has 0 aliphatic carbocycles. The van der Waals surface area contributed by atoms with Crippen LogP contribution in [0.1, 0.15) is 13.3 Å². The van der Waals surface area contributed by atoms with Gasteiger partial charge in [0.25, 0.3) is 0 Å². The van der Waals surface area contributed by atoms with E-state index in [9.17, 15) is 10.1 Å². The maximum atomic E-state index is 11.0. The molecule has 1 aromatic rings. The minimum absolute atomic E-state index is 0.0256. The molecule has 0 bridgehead atoms. The van der Waals surface area contributed by atoms with Gasteiger partial charge in [-0.2, -0.15) is 0 Å². The lowest BCUT2D eigenvalue weighted by Gasteiger charge is -2.20. The Hall–Kier alpha value is -1.82. The predicted octanol–water partition coefficient (Wildman–Crippen LogP) is 2.44. The highest BCUT2D eigenvalue weighted by Gasteiger charge is 2.23. The summed E-state index contributed by atoms with van der Waals surface area (Å²) in [7, 11) is 1.42. The van der Waals surface area contributed by atoms with Gasteiger partial charge < -0.3 is 14.8 Å². The second-order valence-corrected chi connectivity index (χ2v) is 4.70. The maximum Gasteiger partial charge on any atom is 0.312 e. The van der Waals surface area contributed by atoms with E-state index in [0.717, 1.165) is 25.3 Å². The quantitative estimate of drug-likeness (QED) is 0.654. The molecule has 1 heterocycles.